The van der Waals surface area contributed by atoms with Crippen LogP contribution in [0.4, 0.5) is 5.69 Å². The van der Waals surface area contributed by atoms with Crippen molar-refractivity contribution in [3.8, 4) is 5.75 Å². The van der Waals surface area contributed by atoms with Crippen molar-refractivity contribution in [2.24, 2.45) is 0 Å². The Balaban J connectivity index is 1.79. The van der Waals surface area contributed by atoms with Gasteiger partial charge in [0.05, 0.1) is 21.6 Å². The summed E-state index contributed by atoms with van der Waals surface area (Å²) < 4.78 is 32.8. The lowest BCUT2D eigenvalue weighted by atomic mass is 10.2. The second-order valence-corrected chi connectivity index (χ2v) is 9.60. The van der Waals surface area contributed by atoms with E-state index < -0.39 is 15.9 Å². The van der Waals surface area contributed by atoms with E-state index in [-0.39, 0.29) is 21.6 Å². The minimum atomic E-state index is -3.65. The minimum absolute atomic E-state index is 0.0545. The third-order valence-corrected chi connectivity index (χ3v) is 6.84. The maximum atomic E-state index is 12.9. The van der Waals surface area contributed by atoms with Gasteiger partial charge in [-0.05, 0) is 69.2 Å². The second-order valence-electron chi connectivity index (χ2n) is 7.25. The van der Waals surface area contributed by atoms with E-state index in [4.69, 9.17) is 16.3 Å². The van der Waals surface area contributed by atoms with Gasteiger partial charge in [-0.3, -0.25) is 4.79 Å². The standard InChI is InChI=1S/C21H25ClN2O4S/c1-15(2)28-17-8-6-16(7-9-17)23-21(25)19-14-18(10-11-20(19)22)29(26,27)24-12-4-3-5-13-24/h6-11,14-15H,3-5,12-13H2,1-2H3,(H,23,25). The molecule has 1 fully saturated rings. The molecule has 0 saturated carbocycles. The van der Waals surface area contributed by atoms with Crippen molar-refractivity contribution in [3.05, 3.63) is 53.1 Å². The molecule has 0 radical (unpaired) electrons. The maximum absolute atomic E-state index is 12.9. The highest BCUT2D eigenvalue weighted by Gasteiger charge is 2.27. The van der Waals surface area contributed by atoms with Gasteiger partial charge in [0.2, 0.25) is 10.0 Å². The van der Waals surface area contributed by atoms with Crippen LogP contribution in [0.3, 0.4) is 0 Å². The predicted octanol–water partition coefficient (Wildman–Crippen LogP) is 4.55. The number of piperidine rings is 1. The molecule has 1 aliphatic heterocycles. The van der Waals surface area contributed by atoms with E-state index in [1.807, 2.05) is 13.8 Å². The molecule has 1 aliphatic rings. The molecule has 6 nitrogen and oxygen atoms in total. The van der Waals surface area contributed by atoms with Crippen LogP contribution in [0, 0.1) is 0 Å². The van der Waals surface area contributed by atoms with Crippen LogP contribution in [0.2, 0.25) is 5.02 Å². The first-order valence-electron chi connectivity index (χ1n) is 9.65. The SMILES string of the molecule is CC(C)Oc1ccc(NC(=O)c2cc(S(=O)(=O)N3CCCCC3)ccc2Cl)cc1. The Morgan fingerprint density at radius 3 is 2.34 bits per heavy atom. The fraction of sp³-hybridized carbons (Fsp3) is 0.381. The lowest BCUT2D eigenvalue weighted by Gasteiger charge is -2.26. The summed E-state index contributed by atoms with van der Waals surface area (Å²) in [6.07, 6.45) is 2.77. The van der Waals surface area contributed by atoms with Crippen LogP contribution in [0.25, 0.3) is 0 Å². The van der Waals surface area contributed by atoms with Gasteiger partial charge in [0.15, 0.2) is 0 Å². The molecular weight excluding hydrogens is 412 g/mol. The smallest absolute Gasteiger partial charge is 0.257 e. The summed E-state index contributed by atoms with van der Waals surface area (Å²) >= 11 is 6.19. The first-order valence-corrected chi connectivity index (χ1v) is 11.5. The molecule has 0 unspecified atom stereocenters. The van der Waals surface area contributed by atoms with Gasteiger partial charge in [-0.25, -0.2) is 8.42 Å². The number of carbonyl (C=O) groups excluding carboxylic acids is 1. The topological polar surface area (TPSA) is 75.7 Å². The number of hydrogen-bond donors (Lipinski definition) is 1. The van der Waals surface area contributed by atoms with Gasteiger partial charge in [0.25, 0.3) is 5.91 Å². The molecule has 156 valence electrons. The number of hydrogen-bond acceptors (Lipinski definition) is 4. The number of anilines is 1. The number of amides is 1. The fourth-order valence-corrected chi connectivity index (χ4v) is 4.93. The molecule has 8 heteroatoms. The highest BCUT2D eigenvalue weighted by molar-refractivity contribution is 7.89. The van der Waals surface area contributed by atoms with Crippen LogP contribution in [-0.4, -0.2) is 37.8 Å². The zero-order valence-corrected chi connectivity index (χ0v) is 18.1. The van der Waals surface area contributed by atoms with E-state index >= 15 is 0 Å². The van der Waals surface area contributed by atoms with Gasteiger partial charge >= 0.3 is 0 Å². The molecule has 1 heterocycles. The normalized spacial score (nSPS) is 15.3. The highest BCUT2D eigenvalue weighted by atomic mass is 35.5. The van der Waals surface area contributed by atoms with Crippen molar-refractivity contribution in [1.29, 1.82) is 0 Å². The highest BCUT2D eigenvalue weighted by Crippen LogP contribution is 2.26. The number of ether oxygens (including phenoxy) is 1. The van der Waals surface area contributed by atoms with Crippen molar-refractivity contribution in [2.75, 3.05) is 18.4 Å². The van der Waals surface area contributed by atoms with Crippen molar-refractivity contribution in [1.82, 2.24) is 4.31 Å². The number of nitrogens with zero attached hydrogens (tertiary/aromatic N) is 1. The largest absolute Gasteiger partial charge is 0.491 e. The maximum Gasteiger partial charge on any atom is 0.257 e. The number of benzene rings is 2. The van der Waals surface area contributed by atoms with Crippen LogP contribution in [0.15, 0.2) is 47.4 Å². The number of sulfonamides is 1. The average Bonchev–Trinajstić information content (AvgIpc) is 2.70. The van der Waals surface area contributed by atoms with Crippen LogP contribution < -0.4 is 10.1 Å². The van der Waals surface area contributed by atoms with Crippen molar-refractivity contribution in [2.45, 2.75) is 44.1 Å². The van der Waals surface area contributed by atoms with Crippen molar-refractivity contribution >= 4 is 33.2 Å². The van der Waals surface area contributed by atoms with Crippen LogP contribution >= 0.6 is 11.6 Å². The van der Waals surface area contributed by atoms with Gasteiger partial charge in [0, 0.05) is 18.8 Å². The molecule has 1 saturated heterocycles. The monoisotopic (exact) mass is 436 g/mol. The summed E-state index contributed by atoms with van der Waals surface area (Å²) in [6.45, 7) is 4.86. The van der Waals surface area contributed by atoms with Gasteiger partial charge in [-0.15, -0.1) is 0 Å². The summed E-state index contributed by atoms with van der Waals surface area (Å²) in [4.78, 5) is 12.8. The Kier molecular flexibility index (Phi) is 6.82. The zero-order chi connectivity index (χ0) is 21.0. The number of carbonyl (C=O) groups is 1. The van der Waals surface area contributed by atoms with E-state index in [1.165, 1.54) is 22.5 Å². The van der Waals surface area contributed by atoms with Crippen molar-refractivity contribution < 1.29 is 17.9 Å². The van der Waals surface area contributed by atoms with Crippen molar-refractivity contribution in [3.63, 3.8) is 0 Å². The van der Waals surface area contributed by atoms with Crippen LogP contribution in [0.5, 0.6) is 5.75 Å². The predicted molar refractivity (Wildman–Crippen MR) is 114 cm³/mol. The summed E-state index contributed by atoms with van der Waals surface area (Å²) in [5, 5.41) is 2.94. The lowest BCUT2D eigenvalue weighted by Crippen LogP contribution is -2.35. The first kappa shape index (κ1) is 21.6. The summed E-state index contributed by atoms with van der Waals surface area (Å²) in [5.41, 5.74) is 0.679. The number of nitrogens with one attached hydrogen (secondary N) is 1. The Hall–Kier alpha value is -2.09. The van der Waals surface area contributed by atoms with E-state index in [9.17, 15) is 13.2 Å². The summed E-state index contributed by atoms with van der Waals surface area (Å²) in [6, 6.07) is 11.2. The molecular formula is C21H25ClN2O4S. The lowest BCUT2D eigenvalue weighted by molar-refractivity contribution is 0.102. The number of rotatable bonds is 6. The van der Waals surface area contributed by atoms with E-state index in [0.29, 0.717) is 24.5 Å². The van der Waals surface area contributed by atoms with Crippen LogP contribution in [0.1, 0.15) is 43.5 Å². The van der Waals surface area contributed by atoms with Gasteiger partial charge in [-0.1, -0.05) is 18.0 Å². The Morgan fingerprint density at radius 2 is 1.72 bits per heavy atom. The third-order valence-electron chi connectivity index (χ3n) is 4.62. The molecule has 0 aromatic heterocycles. The second kappa shape index (κ2) is 9.15. The van der Waals surface area contributed by atoms with Crippen LogP contribution in [-0.2, 0) is 10.0 Å². The Bertz CT molecular complexity index is 969. The molecule has 0 bridgehead atoms. The van der Waals surface area contributed by atoms with Gasteiger partial charge < -0.3 is 10.1 Å². The Labute approximate surface area is 176 Å². The molecule has 0 atom stereocenters. The quantitative estimate of drug-likeness (QED) is 0.720. The zero-order valence-electron chi connectivity index (χ0n) is 16.5. The molecule has 29 heavy (non-hydrogen) atoms. The molecule has 2 aromatic rings. The molecule has 3 rings (SSSR count). The molecule has 0 spiro atoms. The van der Waals surface area contributed by atoms with E-state index in [2.05, 4.69) is 5.32 Å². The molecule has 2 aromatic carbocycles. The van der Waals surface area contributed by atoms with Gasteiger partial charge in [-0.2, -0.15) is 4.31 Å². The van der Waals surface area contributed by atoms with Gasteiger partial charge in [0.1, 0.15) is 5.75 Å². The molecule has 1 amide bonds. The Morgan fingerprint density at radius 1 is 1.07 bits per heavy atom. The first-order chi connectivity index (χ1) is 13.8. The average molecular weight is 437 g/mol. The van der Waals surface area contributed by atoms with E-state index in [1.54, 1.807) is 24.3 Å². The molecule has 1 N–H and O–H groups in total. The summed E-state index contributed by atoms with van der Waals surface area (Å²) in [7, 11) is -3.65. The van der Waals surface area contributed by atoms with E-state index in [0.717, 1.165) is 19.3 Å². The number of halogens is 1. The third kappa shape index (κ3) is 5.29. The fourth-order valence-electron chi connectivity index (χ4n) is 3.18. The minimum Gasteiger partial charge on any atom is -0.491 e. The summed E-state index contributed by atoms with van der Waals surface area (Å²) in [5.74, 6) is 0.230. The molecule has 0 aliphatic carbocycles.